The summed E-state index contributed by atoms with van der Waals surface area (Å²) in [5, 5.41) is 0. The number of aromatic amines is 2. The van der Waals surface area contributed by atoms with Crippen LogP contribution in [0, 0.1) is 0 Å². The van der Waals surface area contributed by atoms with Gasteiger partial charge in [0.25, 0.3) is 5.56 Å². The van der Waals surface area contributed by atoms with Crippen molar-refractivity contribution in [1.82, 2.24) is 24.8 Å². The van der Waals surface area contributed by atoms with E-state index in [0.717, 1.165) is 18.0 Å². The number of alkyl halides is 3. The Morgan fingerprint density at radius 2 is 1.96 bits per heavy atom. The molecule has 4 rings (SSSR count). The summed E-state index contributed by atoms with van der Waals surface area (Å²) in [5.41, 5.74) is 0.725. The van der Waals surface area contributed by atoms with Crippen molar-refractivity contribution in [3.05, 3.63) is 69.7 Å². The molecule has 2 N–H and O–H groups in total. The number of H-pyrrole nitrogens is 2. The fourth-order valence-electron chi connectivity index (χ4n) is 3.18. The molecule has 3 aromatic rings. The van der Waals surface area contributed by atoms with Gasteiger partial charge in [0.2, 0.25) is 0 Å². The molecule has 0 unspecified atom stereocenters. The van der Waals surface area contributed by atoms with Crippen LogP contribution in [-0.4, -0.2) is 31.4 Å². The highest BCUT2D eigenvalue weighted by atomic mass is 19.4. The fourth-order valence-corrected chi connectivity index (χ4v) is 3.18. The van der Waals surface area contributed by atoms with E-state index in [1.54, 1.807) is 12.4 Å². The van der Waals surface area contributed by atoms with Gasteiger partial charge >= 0.3 is 6.18 Å². The number of hydrogen-bond donors (Lipinski definition) is 2. The molecule has 0 spiro atoms. The minimum Gasteiger partial charge on any atom is -0.348 e. The second-order valence-electron chi connectivity index (χ2n) is 6.41. The Kier molecular flexibility index (Phi) is 4.31. The minimum atomic E-state index is -4.40. The van der Waals surface area contributed by atoms with Crippen LogP contribution in [0.3, 0.4) is 0 Å². The van der Waals surface area contributed by atoms with Gasteiger partial charge in [-0.15, -0.1) is 0 Å². The number of rotatable bonds is 3. The first kappa shape index (κ1) is 17.5. The van der Waals surface area contributed by atoms with Crippen LogP contribution >= 0.6 is 0 Å². The largest absolute Gasteiger partial charge is 0.416 e. The first-order chi connectivity index (χ1) is 12.9. The summed E-state index contributed by atoms with van der Waals surface area (Å²) in [6.45, 7) is 1.79. The van der Waals surface area contributed by atoms with E-state index in [2.05, 4.69) is 24.8 Å². The smallest absolute Gasteiger partial charge is 0.348 e. The van der Waals surface area contributed by atoms with Crippen LogP contribution in [0.4, 0.5) is 13.2 Å². The molecule has 0 aliphatic carbocycles. The standard InChI is InChI=1S/C18H16F3N5O/c19-18(20,21)12-3-1-11(2-4-12)16-24-14-9-26(10-15-22-6-7-23-15)8-5-13(14)17(27)25-16/h1-4,6-7H,5,8-10H2,(H,22,23)(H,24,25,27). The zero-order chi connectivity index (χ0) is 19.0. The molecule has 9 heteroatoms. The number of imidazole rings is 1. The highest BCUT2D eigenvalue weighted by Crippen LogP contribution is 2.30. The van der Waals surface area contributed by atoms with Crippen molar-refractivity contribution in [3.8, 4) is 11.4 Å². The zero-order valence-electron chi connectivity index (χ0n) is 14.2. The molecule has 6 nitrogen and oxygen atoms in total. The van der Waals surface area contributed by atoms with Crippen LogP contribution in [0.5, 0.6) is 0 Å². The Morgan fingerprint density at radius 3 is 2.63 bits per heavy atom. The number of hydrogen-bond acceptors (Lipinski definition) is 4. The van der Waals surface area contributed by atoms with Crippen LogP contribution in [-0.2, 0) is 25.7 Å². The lowest BCUT2D eigenvalue weighted by Crippen LogP contribution is -2.35. The van der Waals surface area contributed by atoms with Crippen molar-refractivity contribution in [1.29, 1.82) is 0 Å². The van der Waals surface area contributed by atoms with Gasteiger partial charge in [-0.05, 0) is 18.6 Å². The van der Waals surface area contributed by atoms with E-state index in [1.807, 2.05) is 0 Å². The van der Waals surface area contributed by atoms with Gasteiger partial charge in [0.1, 0.15) is 11.6 Å². The van der Waals surface area contributed by atoms with Crippen molar-refractivity contribution in [3.63, 3.8) is 0 Å². The van der Waals surface area contributed by atoms with Crippen molar-refractivity contribution in [2.24, 2.45) is 0 Å². The molecule has 0 bridgehead atoms. The van der Waals surface area contributed by atoms with Gasteiger partial charge in [-0.25, -0.2) is 9.97 Å². The van der Waals surface area contributed by atoms with Crippen molar-refractivity contribution < 1.29 is 13.2 Å². The van der Waals surface area contributed by atoms with E-state index < -0.39 is 11.7 Å². The quantitative estimate of drug-likeness (QED) is 0.738. The first-order valence-electron chi connectivity index (χ1n) is 8.40. The Balaban J connectivity index is 1.61. The van der Waals surface area contributed by atoms with E-state index in [-0.39, 0.29) is 11.4 Å². The number of benzene rings is 1. The first-order valence-corrected chi connectivity index (χ1v) is 8.40. The molecule has 2 aromatic heterocycles. The van der Waals surface area contributed by atoms with E-state index >= 15 is 0 Å². The third-order valence-electron chi connectivity index (χ3n) is 4.57. The van der Waals surface area contributed by atoms with E-state index in [0.29, 0.717) is 42.9 Å². The molecule has 3 heterocycles. The monoisotopic (exact) mass is 375 g/mol. The van der Waals surface area contributed by atoms with Crippen LogP contribution < -0.4 is 5.56 Å². The lowest BCUT2D eigenvalue weighted by Gasteiger charge is -2.26. The number of halogens is 3. The molecule has 0 amide bonds. The molecule has 140 valence electrons. The normalized spacial score (nSPS) is 14.9. The van der Waals surface area contributed by atoms with E-state index in [1.165, 1.54) is 12.1 Å². The van der Waals surface area contributed by atoms with Crippen LogP contribution in [0.1, 0.15) is 22.6 Å². The average Bonchev–Trinajstić information content (AvgIpc) is 3.14. The van der Waals surface area contributed by atoms with Gasteiger partial charge in [0, 0.05) is 36.6 Å². The predicted molar refractivity (Wildman–Crippen MR) is 91.7 cm³/mol. The summed E-state index contributed by atoms with van der Waals surface area (Å²) >= 11 is 0. The van der Waals surface area contributed by atoms with Gasteiger partial charge in [-0.1, -0.05) is 12.1 Å². The van der Waals surface area contributed by atoms with Crippen LogP contribution in [0.15, 0.2) is 41.5 Å². The Bertz CT molecular complexity index is 993. The maximum Gasteiger partial charge on any atom is 0.416 e. The maximum atomic E-state index is 12.7. The third-order valence-corrected chi connectivity index (χ3v) is 4.57. The maximum absolute atomic E-state index is 12.7. The molecule has 1 aliphatic rings. The van der Waals surface area contributed by atoms with Gasteiger partial charge in [0.05, 0.1) is 17.8 Å². The SMILES string of the molecule is O=c1[nH]c(-c2ccc(C(F)(F)F)cc2)nc2c1CCN(Cc1ncc[nH]1)C2. The molecule has 1 aromatic carbocycles. The summed E-state index contributed by atoms with van der Waals surface area (Å²) in [7, 11) is 0. The molecule has 0 fully saturated rings. The number of nitrogens with one attached hydrogen (secondary N) is 2. The zero-order valence-corrected chi connectivity index (χ0v) is 14.2. The fraction of sp³-hybridized carbons (Fsp3) is 0.278. The summed E-state index contributed by atoms with van der Waals surface area (Å²) < 4.78 is 38.2. The summed E-state index contributed by atoms with van der Waals surface area (Å²) in [4.78, 5) is 28.9. The average molecular weight is 375 g/mol. The topological polar surface area (TPSA) is 77.7 Å². The number of aromatic nitrogens is 4. The second kappa shape index (κ2) is 6.66. The number of nitrogens with zero attached hydrogens (tertiary/aromatic N) is 3. The summed E-state index contributed by atoms with van der Waals surface area (Å²) in [6.07, 6.45) is -0.412. The minimum absolute atomic E-state index is 0.243. The highest BCUT2D eigenvalue weighted by Gasteiger charge is 2.30. The third kappa shape index (κ3) is 3.63. The Morgan fingerprint density at radius 1 is 1.19 bits per heavy atom. The molecule has 27 heavy (non-hydrogen) atoms. The van der Waals surface area contributed by atoms with E-state index in [4.69, 9.17) is 0 Å². The highest BCUT2D eigenvalue weighted by molar-refractivity contribution is 5.56. The molecule has 1 aliphatic heterocycles. The lowest BCUT2D eigenvalue weighted by atomic mass is 10.1. The Labute approximate surface area is 152 Å². The molecule has 0 saturated heterocycles. The van der Waals surface area contributed by atoms with Gasteiger partial charge < -0.3 is 9.97 Å². The van der Waals surface area contributed by atoms with Gasteiger partial charge in [-0.2, -0.15) is 13.2 Å². The van der Waals surface area contributed by atoms with Crippen molar-refractivity contribution >= 4 is 0 Å². The number of fused-ring (bicyclic) bond motifs is 1. The Hall–Kier alpha value is -2.94. The lowest BCUT2D eigenvalue weighted by molar-refractivity contribution is -0.137. The predicted octanol–water partition coefficient (Wildman–Crippen LogP) is 2.74. The molecular formula is C18H16F3N5O. The van der Waals surface area contributed by atoms with E-state index in [9.17, 15) is 18.0 Å². The van der Waals surface area contributed by atoms with Gasteiger partial charge in [-0.3, -0.25) is 9.69 Å². The van der Waals surface area contributed by atoms with Gasteiger partial charge in [0.15, 0.2) is 0 Å². The van der Waals surface area contributed by atoms with Crippen LogP contribution in [0.25, 0.3) is 11.4 Å². The molecule has 0 atom stereocenters. The van der Waals surface area contributed by atoms with Crippen molar-refractivity contribution in [2.45, 2.75) is 25.7 Å². The molecule has 0 radical (unpaired) electrons. The second-order valence-corrected chi connectivity index (χ2v) is 6.41. The van der Waals surface area contributed by atoms with Crippen LogP contribution in [0.2, 0.25) is 0 Å². The van der Waals surface area contributed by atoms with Crippen molar-refractivity contribution in [2.75, 3.05) is 6.54 Å². The molecular weight excluding hydrogens is 359 g/mol. The summed E-state index contributed by atoms with van der Waals surface area (Å²) in [6, 6.07) is 4.60. The summed E-state index contributed by atoms with van der Waals surface area (Å²) in [5.74, 6) is 1.10. The molecule has 0 saturated carbocycles.